The summed E-state index contributed by atoms with van der Waals surface area (Å²) in [5.74, 6) is 0. The fourth-order valence-corrected chi connectivity index (χ4v) is 10.6. The molecule has 1 saturated heterocycles. The molecule has 1 aromatic rings. The monoisotopic (exact) mass is 435 g/mol. The van der Waals surface area contributed by atoms with Crippen molar-refractivity contribution in [1.82, 2.24) is 4.90 Å². The quantitative estimate of drug-likeness (QED) is 0.349. The molecule has 1 amide bonds. The van der Waals surface area contributed by atoms with Gasteiger partial charge >= 0.3 is 6.09 Å². The highest BCUT2D eigenvalue weighted by molar-refractivity contribution is 6.77. The van der Waals surface area contributed by atoms with Gasteiger partial charge in [-0.1, -0.05) is 47.6 Å². The number of rotatable bonds is 8. The van der Waals surface area contributed by atoms with Gasteiger partial charge in [0.05, 0.1) is 18.0 Å². The van der Waals surface area contributed by atoms with Crippen molar-refractivity contribution >= 4 is 25.8 Å². The Labute approximate surface area is 183 Å². The molecule has 0 spiro atoms. The van der Waals surface area contributed by atoms with Crippen molar-refractivity contribution in [3.63, 3.8) is 0 Å². The smallest absolute Gasteiger partial charge is 0.407 e. The summed E-state index contributed by atoms with van der Waals surface area (Å²) in [7, 11) is -1.94. The minimum atomic E-state index is -1.94. The Morgan fingerprint density at radius 1 is 1.20 bits per heavy atom. The average Bonchev–Trinajstić information content (AvgIpc) is 2.89. The number of hydrogen-bond acceptors (Lipinski definition) is 4. The SMILES string of the molecule is CC(C)[Si](OCc1ccc(N)c(NC2CCCCN(C(=O)O)C2)c1)(C(C)C)C(C)C. The van der Waals surface area contributed by atoms with Crippen LogP contribution in [-0.4, -0.2) is 43.5 Å². The van der Waals surface area contributed by atoms with Crippen molar-refractivity contribution in [2.24, 2.45) is 0 Å². The standard InChI is InChI=1S/C23H41N3O3Si/c1-16(2)30(17(3)4,18(5)6)29-15-19-10-11-21(24)22(13-19)25-20-9-7-8-12-26(14-20)23(27)28/h10-11,13,16-18,20,25H,7-9,12,14-15,24H2,1-6H3,(H,27,28). The maximum atomic E-state index is 11.4. The molecular formula is C23H41N3O3Si. The van der Waals surface area contributed by atoms with E-state index < -0.39 is 14.4 Å². The highest BCUT2D eigenvalue weighted by Gasteiger charge is 2.44. The molecule has 1 heterocycles. The molecule has 6 nitrogen and oxygen atoms in total. The lowest BCUT2D eigenvalue weighted by atomic mass is 10.1. The maximum Gasteiger partial charge on any atom is 0.407 e. The molecule has 1 aromatic carbocycles. The summed E-state index contributed by atoms with van der Waals surface area (Å²) in [6.45, 7) is 15.4. The lowest BCUT2D eigenvalue weighted by Gasteiger charge is -2.42. The van der Waals surface area contributed by atoms with Crippen molar-refractivity contribution in [1.29, 1.82) is 0 Å². The maximum absolute atomic E-state index is 11.4. The van der Waals surface area contributed by atoms with E-state index in [1.54, 1.807) is 0 Å². The summed E-state index contributed by atoms with van der Waals surface area (Å²) in [4.78, 5) is 12.9. The molecule has 170 valence electrons. The highest BCUT2D eigenvalue weighted by Crippen LogP contribution is 2.42. The average molecular weight is 436 g/mol. The zero-order valence-corrected chi connectivity index (χ0v) is 20.6. The molecule has 0 radical (unpaired) electrons. The zero-order chi connectivity index (χ0) is 22.5. The largest absolute Gasteiger partial charge is 0.465 e. The van der Waals surface area contributed by atoms with Gasteiger partial charge in [0.15, 0.2) is 0 Å². The second-order valence-electron chi connectivity index (χ2n) is 9.59. The molecule has 30 heavy (non-hydrogen) atoms. The van der Waals surface area contributed by atoms with Crippen LogP contribution in [0.15, 0.2) is 18.2 Å². The number of carboxylic acid groups (broad SMARTS) is 1. The van der Waals surface area contributed by atoms with Gasteiger partial charge in [0.2, 0.25) is 8.32 Å². The molecule has 4 N–H and O–H groups in total. The van der Waals surface area contributed by atoms with Crippen LogP contribution in [0.3, 0.4) is 0 Å². The molecule has 0 aliphatic carbocycles. The normalized spacial score (nSPS) is 18.2. The van der Waals surface area contributed by atoms with Gasteiger partial charge in [-0.05, 0) is 53.6 Å². The second kappa shape index (κ2) is 10.5. The Hall–Kier alpha value is -1.73. The lowest BCUT2D eigenvalue weighted by Crippen LogP contribution is -2.47. The molecular weight excluding hydrogens is 394 g/mol. The van der Waals surface area contributed by atoms with E-state index >= 15 is 0 Å². The summed E-state index contributed by atoms with van der Waals surface area (Å²) >= 11 is 0. The van der Waals surface area contributed by atoms with Crippen molar-refractivity contribution in [3.8, 4) is 0 Å². The van der Waals surface area contributed by atoms with E-state index in [1.807, 2.05) is 12.1 Å². The lowest BCUT2D eigenvalue weighted by molar-refractivity contribution is 0.146. The van der Waals surface area contributed by atoms with E-state index in [0.717, 1.165) is 30.5 Å². The predicted octanol–water partition coefficient (Wildman–Crippen LogP) is 5.91. The molecule has 1 aliphatic rings. The fourth-order valence-electron chi connectivity index (χ4n) is 5.18. The number of nitrogens with zero attached hydrogens (tertiary/aromatic N) is 1. The third-order valence-electron chi connectivity index (χ3n) is 6.62. The van der Waals surface area contributed by atoms with Crippen molar-refractivity contribution < 1.29 is 14.3 Å². The van der Waals surface area contributed by atoms with E-state index in [2.05, 4.69) is 52.9 Å². The van der Waals surface area contributed by atoms with Crippen LogP contribution < -0.4 is 11.1 Å². The van der Waals surface area contributed by atoms with Crippen LogP contribution in [0.2, 0.25) is 16.6 Å². The van der Waals surface area contributed by atoms with Crippen LogP contribution >= 0.6 is 0 Å². The number of anilines is 2. The van der Waals surface area contributed by atoms with Crippen LogP contribution in [0.4, 0.5) is 16.2 Å². The third kappa shape index (κ3) is 5.69. The van der Waals surface area contributed by atoms with Crippen LogP contribution in [0.25, 0.3) is 0 Å². The summed E-state index contributed by atoms with van der Waals surface area (Å²) in [5, 5.41) is 12.9. The molecule has 2 rings (SSSR count). The minimum absolute atomic E-state index is 0.0672. The first-order valence-corrected chi connectivity index (χ1v) is 13.5. The first-order valence-electron chi connectivity index (χ1n) is 11.3. The summed E-state index contributed by atoms with van der Waals surface area (Å²) < 4.78 is 6.74. The van der Waals surface area contributed by atoms with E-state index in [-0.39, 0.29) is 6.04 Å². The fraction of sp³-hybridized carbons (Fsp3) is 0.696. The molecule has 1 aliphatic heterocycles. The van der Waals surface area contributed by atoms with Gasteiger partial charge in [-0.3, -0.25) is 0 Å². The van der Waals surface area contributed by atoms with Gasteiger partial charge in [0, 0.05) is 19.1 Å². The number of nitrogens with one attached hydrogen (secondary N) is 1. The molecule has 0 saturated carbocycles. The van der Waals surface area contributed by atoms with Crippen molar-refractivity contribution in [2.45, 2.75) is 90.1 Å². The van der Waals surface area contributed by atoms with Gasteiger partial charge in [-0.2, -0.15) is 0 Å². The minimum Gasteiger partial charge on any atom is -0.465 e. The van der Waals surface area contributed by atoms with E-state index in [1.165, 1.54) is 4.90 Å². The second-order valence-corrected chi connectivity index (χ2v) is 15.1. The van der Waals surface area contributed by atoms with Crippen LogP contribution in [0.5, 0.6) is 0 Å². The Morgan fingerprint density at radius 2 is 1.83 bits per heavy atom. The van der Waals surface area contributed by atoms with Gasteiger partial charge in [-0.25, -0.2) is 4.79 Å². The molecule has 0 aromatic heterocycles. The third-order valence-corrected chi connectivity index (χ3v) is 12.7. The van der Waals surface area contributed by atoms with Crippen LogP contribution in [0, 0.1) is 0 Å². The number of carbonyl (C=O) groups is 1. The van der Waals surface area contributed by atoms with Gasteiger partial charge in [-0.15, -0.1) is 0 Å². The Morgan fingerprint density at radius 3 is 2.40 bits per heavy atom. The first-order chi connectivity index (χ1) is 14.1. The summed E-state index contributed by atoms with van der Waals surface area (Å²) in [5.41, 5.74) is 10.5. The number of hydrogen-bond donors (Lipinski definition) is 3. The molecule has 7 heteroatoms. The molecule has 1 unspecified atom stereocenters. The summed E-state index contributed by atoms with van der Waals surface area (Å²) in [6, 6.07) is 6.11. The molecule has 1 atom stereocenters. The number of likely N-dealkylation sites (tertiary alicyclic amines) is 1. The summed E-state index contributed by atoms with van der Waals surface area (Å²) in [6.07, 6.45) is 2.00. The van der Waals surface area contributed by atoms with Gasteiger partial charge in [0.25, 0.3) is 0 Å². The highest BCUT2D eigenvalue weighted by atomic mass is 28.4. The van der Waals surface area contributed by atoms with Crippen LogP contribution in [0.1, 0.15) is 66.4 Å². The number of nitrogen functional groups attached to an aromatic ring is 1. The van der Waals surface area contributed by atoms with Gasteiger partial charge in [0.1, 0.15) is 0 Å². The zero-order valence-electron chi connectivity index (χ0n) is 19.6. The van der Waals surface area contributed by atoms with E-state index in [9.17, 15) is 9.90 Å². The predicted molar refractivity (Wildman–Crippen MR) is 128 cm³/mol. The van der Waals surface area contributed by atoms with Crippen molar-refractivity contribution in [2.75, 3.05) is 24.1 Å². The molecule has 0 bridgehead atoms. The molecule has 1 fully saturated rings. The van der Waals surface area contributed by atoms with Crippen LogP contribution in [-0.2, 0) is 11.0 Å². The number of nitrogens with two attached hydrogens (primary N) is 1. The Balaban J connectivity index is 2.15. The number of amides is 1. The first kappa shape index (κ1) is 24.5. The Kier molecular flexibility index (Phi) is 8.61. The van der Waals surface area contributed by atoms with Crippen molar-refractivity contribution in [3.05, 3.63) is 23.8 Å². The topological polar surface area (TPSA) is 87.8 Å². The number of benzene rings is 1. The van der Waals surface area contributed by atoms with E-state index in [4.69, 9.17) is 10.2 Å². The Bertz CT molecular complexity index is 687. The van der Waals surface area contributed by atoms with E-state index in [0.29, 0.717) is 42.0 Å². The van der Waals surface area contributed by atoms with Gasteiger partial charge < -0.3 is 25.5 Å².